The molecule has 6 heteroatoms. The zero-order chi connectivity index (χ0) is 17.5. The van der Waals surface area contributed by atoms with Gasteiger partial charge in [0, 0.05) is 12.6 Å². The first-order valence-corrected chi connectivity index (χ1v) is 7.52. The molecule has 5 nitrogen and oxygen atoms in total. The van der Waals surface area contributed by atoms with E-state index >= 15 is 0 Å². The summed E-state index contributed by atoms with van der Waals surface area (Å²) >= 11 is 0. The lowest BCUT2D eigenvalue weighted by Gasteiger charge is -2.10. The highest BCUT2D eigenvalue weighted by Gasteiger charge is 2.15. The van der Waals surface area contributed by atoms with E-state index in [9.17, 15) is 14.0 Å². The predicted molar refractivity (Wildman–Crippen MR) is 87.4 cm³/mol. The Hall–Kier alpha value is -2.89. The summed E-state index contributed by atoms with van der Waals surface area (Å²) in [4.78, 5) is 23.2. The topological polar surface area (TPSA) is 68.5 Å². The van der Waals surface area contributed by atoms with Crippen LogP contribution < -0.4 is 5.32 Å². The molecule has 2 aromatic rings. The molecule has 0 fully saturated rings. The zero-order valence-electron chi connectivity index (χ0n) is 13.4. The molecule has 1 heterocycles. The fraction of sp³-hybridized carbons (Fsp3) is 0.222. The van der Waals surface area contributed by atoms with Gasteiger partial charge in [-0.1, -0.05) is 12.1 Å². The summed E-state index contributed by atoms with van der Waals surface area (Å²) in [5, 5.41) is 2.56. The molecular weight excluding hydrogens is 313 g/mol. The summed E-state index contributed by atoms with van der Waals surface area (Å²) in [6.45, 7) is 3.72. The normalized spacial score (nSPS) is 12.1. The summed E-state index contributed by atoms with van der Waals surface area (Å²) in [6.07, 6.45) is 1.67. The van der Waals surface area contributed by atoms with Gasteiger partial charge in [-0.25, -0.2) is 9.18 Å². The zero-order valence-corrected chi connectivity index (χ0v) is 13.4. The third kappa shape index (κ3) is 4.55. The number of ether oxygens (including phenoxy) is 1. The van der Waals surface area contributed by atoms with Gasteiger partial charge in [0.25, 0.3) is 5.91 Å². The van der Waals surface area contributed by atoms with Gasteiger partial charge in [-0.2, -0.15) is 0 Å². The summed E-state index contributed by atoms with van der Waals surface area (Å²) in [5.41, 5.74) is 0.338. The highest BCUT2D eigenvalue weighted by Crippen LogP contribution is 2.25. The van der Waals surface area contributed by atoms with Crippen LogP contribution in [0, 0.1) is 5.82 Å². The van der Waals surface area contributed by atoms with E-state index in [4.69, 9.17) is 9.15 Å². The van der Waals surface area contributed by atoms with Crippen LogP contribution in [-0.2, 0) is 14.3 Å². The molecule has 0 spiro atoms. The smallest absolute Gasteiger partial charge is 0.331 e. The second-order valence-corrected chi connectivity index (χ2v) is 4.99. The van der Waals surface area contributed by atoms with Crippen molar-refractivity contribution in [3.05, 3.63) is 54.1 Å². The van der Waals surface area contributed by atoms with Gasteiger partial charge in [0.1, 0.15) is 17.3 Å². The molecule has 2 rings (SSSR count). The first-order valence-electron chi connectivity index (χ1n) is 7.52. The number of furan rings is 1. The van der Waals surface area contributed by atoms with Crippen LogP contribution in [0.5, 0.6) is 0 Å². The van der Waals surface area contributed by atoms with Gasteiger partial charge in [0.2, 0.25) is 0 Å². The van der Waals surface area contributed by atoms with E-state index in [1.807, 2.05) is 0 Å². The van der Waals surface area contributed by atoms with Crippen molar-refractivity contribution in [3.8, 4) is 11.3 Å². The van der Waals surface area contributed by atoms with Gasteiger partial charge in [-0.05, 0) is 44.2 Å². The van der Waals surface area contributed by atoms with E-state index in [0.717, 1.165) is 6.08 Å². The number of hydrogen-bond acceptors (Lipinski definition) is 4. The Bertz CT molecular complexity index is 751. The molecule has 0 bridgehead atoms. The molecule has 1 N–H and O–H groups in total. The van der Waals surface area contributed by atoms with Gasteiger partial charge in [0.05, 0.1) is 5.56 Å². The summed E-state index contributed by atoms with van der Waals surface area (Å²) in [7, 11) is 0. The van der Waals surface area contributed by atoms with Crippen LogP contribution in [0.1, 0.15) is 19.6 Å². The standard InChI is InChI=1S/C18H18FNO4/c1-3-20-18(22)12(2)23-17(21)11-9-13-8-10-16(24-13)14-6-4-5-7-15(14)19/h4-12H,3H2,1-2H3,(H,20,22)/b11-9+/t12-/m1/s1. The van der Waals surface area contributed by atoms with Crippen molar-refractivity contribution in [3.63, 3.8) is 0 Å². The Kier molecular flexibility index (Phi) is 5.89. The van der Waals surface area contributed by atoms with E-state index in [2.05, 4.69) is 5.32 Å². The number of carbonyl (C=O) groups is 2. The average Bonchev–Trinajstić information content (AvgIpc) is 3.02. The summed E-state index contributed by atoms with van der Waals surface area (Å²) in [5.74, 6) is -0.693. The molecule has 1 atom stereocenters. The molecule has 0 unspecified atom stereocenters. The Morgan fingerprint density at radius 2 is 2.04 bits per heavy atom. The van der Waals surface area contributed by atoms with Crippen LogP contribution in [0.3, 0.4) is 0 Å². The molecule has 0 saturated carbocycles. The van der Waals surface area contributed by atoms with Crippen LogP contribution in [0.4, 0.5) is 4.39 Å². The van der Waals surface area contributed by atoms with Crippen LogP contribution >= 0.6 is 0 Å². The van der Waals surface area contributed by atoms with Crippen molar-refractivity contribution < 1.29 is 23.1 Å². The lowest BCUT2D eigenvalue weighted by atomic mass is 10.1. The average molecular weight is 331 g/mol. The highest BCUT2D eigenvalue weighted by atomic mass is 19.1. The minimum absolute atomic E-state index is 0.338. The number of benzene rings is 1. The van der Waals surface area contributed by atoms with Crippen molar-refractivity contribution in [2.45, 2.75) is 20.0 Å². The molecule has 0 saturated heterocycles. The van der Waals surface area contributed by atoms with Gasteiger partial charge in [-0.15, -0.1) is 0 Å². The maximum absolute atomic E-state index is 13.7. The third-order valence-electron chi connectivity index (χ3n) is 3.16. The number of carbonyl (C=O) groups excluding carboxylic acids is 2. The van der Waals surface area contributed by atoms with E-state index < -0.39 is 17.9 Å². The molecule has 1 aromatic carbocycles. The second-order valence-electron chi connectivity index (χ2n) is 4.99. The Morgan fingerprint density at radius 3 is 2.75 bits per heavy atom. The highest BCUT2D eigenvalue weighted by molar-refractivity contribution is 5.90. The molecule has 0 radical (unpaired) electrons. The number of rotatable bonds is 6. The van der Waals surface area contributed by atoms with Crippen molar-refractivity contribution in [2.24, 2.45) is 0 Å². The Labute approximate surface area is 139 Å². The fourth-order valence-corrected chi connectivity index (χ4v) is 1.98. The SMILES string of the molecule is CCNC(=O)[C@@H](C)OC(=O)/C=C/c1ccc(-c2ccccc2F)o1. The lowest BCUT2D eigenvalue weighted by molar-refractivity contribution is -0.150. The molecule has 24 heavy (non-hydrogen) atoms. The van der Waals surface area contributed by atoms with E-state index in [1.54, 1.807) is 37.3 Å². The molecule has 1 amide bonds. The number of esters is 1. The number of nitrogens with one attached hydrogen (secondary N) is 1. The van der Waals surface area contributed by atoms with Gasteiger partial charge in [-0.3, -0.25) is 4.79 Å². The first-order chi connectivity index (χ1) is 11.5. The molecular formula is C18H18FNO4. The Balaban J connectivity index is 1.99. The van der Waals surface area contributed by atoms with Crippen molar-refractivity contribution in [2.75, 3.05) is 6.54 Å². The summed E-state index contributed by atoms with van der Waals surface area (Å²) < 4.78 is 24.1. The quantitative estimate of drug-likeness (QED) is 0.652. The second kappa shape index (κ2) is 8.10. The minimum Gasteiger partial charge on any atom is -0.457 e. The fourth-order valence-electron chi connectivity index (χ4n) is 1.98. The van der Waals surface area contributed by atoms with Crippen molar-refractivity contribution in [1.29, 1.82) is 0 Å². The van der Waals surface area contributed by atoms with Crippen molar-refractivity contribution in [1.82, 2.24) is 5.32 Å². The molecule has 126 valence electrons. The molecule has 0 aliphatic heterocycles. The lowest BCUT2D eigenvalue weighted by Crippen LogP contribution is -2.35. The monoisotopic (exact) mass is 331 g/mol. The number of halogens is 1. The predicted octanol–water partition coefficient (Wildman–Crippen LogP) is 3.17. The Morgan fingerprint density at radius 1 is 1.29 bits per heavy atom. The molecule has 0 aliphatic rings. The van der Waals surface area contributed by atoms with Gasteiger partial charge in [0.15, 0.2) is 6.10 Å². The van der Waals surface area contributed by atoms with Crippen LogP contribution in [0.15, 0.2) is 46.9 Å². The number of likely N-dealkylation sites (N-methyl/N-ethyl adjacent to an activating group) is 1. The molecule has 0 aliphatic carbocycles. The van der Waals surface area contributed by atoms with Gasteiger partial charge >= 0.3 is 5.97 Å². The third-order valence-corrected chi connectivity index (χ3v) is 3.16. The van der Waals surface area contributed by atoms with Crippen molar-refractivity contribution >= 4 is 18.0 Å². The number of hydrogen-bond donors (Lipinski definition) is 1. The van der Waals surface area contributed by atoms with E-state index in [-0.39, 0.29) is 5.91 Å². The minimum atomic E-state index is -0.882. The maximum Gasteiger partial charge on any atom is 0.331 e. The molecule has 1 aromatic heterocycles. The number of amides is 1. The largest absolute Gasteiger partial charge is 0.457 e. The first kappa shape index (κ1) is 17.5. The van der Waals surface area contributed by atoms with Crippen LogP contribution in [0.2, 0.25) is 0 Å². The van der Waals surface area contributed by atoms with Crippen LogP contribution in [-0.4, -0.2) is 24.5 Å². The van der Waals surface area contributed by atoms with Crippen LogP contribution in [0.25, 0.3) is 17.4 Å². The summed E-state index contributed by atoms with van der Waals surface area (Å²) in [6, 6.07) is 9.46. The van der Waals surface area contributed by atoms with E-state index in [1.165, 1.54) is 19.1 Å². The van der Waals surface area contributed by atoms with Gasteiger partial charge < -0.3 is 14.5 Å². The van der Waals surface area contributed by atoms with E-state index in [0.29, 0.717) is 23.6 Å². The maximum atomic E-state index is 13.7.